The van der Waals surface area contributed by atoms with Crippen molar-refractivity contribution in [3.05, 3.63) is 87.2 Å². The first-order chi connectivity index (χ1) is 35.7. The normalized spacial score (nSPS) is 25.5. The van der Waals surface area contributed by atoms with Gasteiger partial charge in [-0.05, 0) is 82.0 Å². The Morgan fingerprint density at radius 3 is 2.32 bits per heavy atom. The lowest BCUT2D eigenvalue weighted by Crippen LogP contribution is -2.60. The Bertz CT molecular complexity index is 2610. The van der Waals surface area contributed by atoms with Gasteiger partial charge in [0, 0.05) is 56.0 Å². The molecule has 3 N–H and O–H groups in total. The molecule has 6 rings (SSSR count). The van der Waals surface area contributed by atoms with E-state index in [4.69, 9.17) is 50.0 Å². The van der Waals surface area contributed by atoms with Gasteiger partial charge in [-0.1, -0.05) is 55.3 Å². The third-order valence-corrected chi connectivity index (χ3v) is 15.7. The van der Waals surface area contributed by atoms with Crippen molar-refractivity contribution in [3.63, 3.8) is 0 Å². The molecule has 1 unspecified atom stereocenters. The number of nitrogens with one attached hydrogen (secondary N) is 2. The van der Waals surface area contributed by atoms with Crippen LogP contribution in [0.3, 0.4) is 0 Å². The molecule has 8 atom stereocenters. The lowest BCUT2D eigenvalue weighted by Gasteiger charge is -2.41. The molecule has 3 aromatic rings. The van der Waals surface area contributed by atoms with E-state index >= 15 is 0 Å². The number of carbonyl (C=O) groups excluding carboxylic acids is 5. The maximum atomic E-state index is 14.3. The number of halogens is 1. The summed E-state index contributed by atoms with van der Waals surface area (Å²) in [6, 6.07) is 8.10. The van der Waals surface area contributed by atoms with Crippen molar-refractivity contribution in [2.24, 2.45) is 11.8 Å². The minimum atomic E-state index is -1.63. The van der Waals surface area contributed by atoms with Crippen LogP contribution in [-0.4, -0.2) is 158 Å². The molecule has 4 heterocycles. The maximum Gasteiger partial charge on any atom is 0.409 e. The number of epoxide rings is 1. The summed E-state index contributed by atoms with van der Waals surface area (Å²) in [6.07, 6.45) is 6.58. The minimum Gasteiger partial charge on any atom is -0.457 e. The molecule has 2 saturated heterocycles. The third-order valence-electron chi connectivity index (χ3n) is 14.0. The minimum absolute atomic E-state index is 0.0227. The number of anilines is 1. The number of aliphatic hydroxyl groups is 1. The van der Waals surface area contributed by atoms with Crippen LogP contribution in [0, 0.1) is 18.8 Å². The monoisotopic (exact) mass is 1100 g/mol. The Kier molecular flexibility index (Phi) is 21.4. The molecule has 0 spiro atoms. The highest BCUT2D eigenvalue weighted by Crippen LogP contribution is 2.49. The lowest BCUT2D eigenvalue weighted by atomic mass is 9.82. The van der Waals surface area contributed by atoms with Crippen LogP contribution < -0.4 is 15.5 Å². The van der Waals surface area contributed by atoms with Gasteiger partial charge >= 0.3 is 12.1 Å². The van der Waals surface area contributed by atoms with E-state index in [9.17, 15) is 29.1 Å². The summed E-state index contributed by atoms with van der Waals surface area (Å²) in [4.78, 5) is 79.6. The summed E-state index contributed by atoms with van der Waals surface area (Å²) in [5, 5.41) is 17.6. The van der Waals surface area contributed by atoms with Crippen molar-refractivity contribution in [3.8, 4) is 0 Å². The van der Waals surface area contributed by atoms with Gasteiger partial charge in [-0.15, -0.1) is 0 Å². The van der Waals surface area contributed by atoms with Crippen molar-refractivity contribution in [2.75, 3.05) is 77.7 Å². The number of aromatic nitrogens is 2. The molecule has 75 heavy (non-hydrogen) atoms. The largest absolute Gasteiger partial charge is 0.457 e. The van der Waals surface area contributed by atoms with Crippen LogP contribution in [0.5, 0.6) is 0 Å². The van der Waals surface area contributed by atoms with Crippen LogP contribution in [0.15, 0.2) is 54.1 Å². The van der Waals surface area contributed by atoms with E-state index in [-0.39, 0.29) is 50.9 Å². The van der Waals surface area contributed by atoms with Crippen LogP contribution in [-0.2, 0) is 60.7 Å². The maximum absolute atomic E-state index is 14.3. The Balaban J connectivity index is 0.964. The Hall–Kier alpha value is -4.80. The second kappa shape index (κ2) is 27.0. The van der Waals surface area contributed by atoms with Crippen molar-refractivity contribution in [2.45, 2.75) is 114 Å². The second-order valence-corrected chi connectivity index (χ2v) is 21.8. The zero-order valence-electron chi connectivity index (χ0n) is 44.7. The number of alkyl carbamates (subject to hydrolysis) is 1. The fourth-order valence-corrected chi connectivity index (χ4v) is 10.4. The van der Waals surface area contributed by atoms with Crippen molar-refractivity contribution >= 4 is 81.6 Å². The predicted molar refractivity (Wildman–Crippen MR) is 291 cm³/mol. The fourth-order valence-electron chi connectivity index (χ4n) is 9.15. The Labute approximate surface area is 453 Å². The fraction of sp³-hybridized carbons (Fsp3) is 0.574. The number of carbonyl (C=O) groups is 5. The number of likely N-dealkylation sites (N-methyl/N-ethyl adjacent to an activating group) is 1. The average Bonchev–Trinajstić information content (AvgIpc) is 4.07. The van der Waals surface area contributed by atoms with Gasteiger partial charge in [-0.25, -0.2) is 19.6 Å². The molecular formula is C54H73ClN6O12S2. The molecular weight excluding hydrogens is 1020 g/mol. The quantitative estimate of drug-likeness (QED) is 0.0591. The number of ether oxygens (including phenoxy) is 6. The molecule has 3 aliphatic rings. The van der Waals surface area contributed by atoms with Crippen LogP contribution in [0.25, 0.3) is 11.0 Å². The number of hydrogen-bond acceptors (Lipinski definition) is 16. The number of allylic oxidation sites excluding steroid dienone is 3. The van der Waals surface area contributed by atoms with E-state index < -0.39 is 65.5 Å². The molecule has 21 heteroatoms. The van der Waals surface area contributed by atoms with E-state index in [1.165, 1.54) is 16.8 Å². The summed E-state index contributed by atoms with van der Waals surface area (Å²) in [7, 11) is 3.11. The first-order valence-corrected chi connectivity index (χ1v) is 28.4. The summed E-state index contributed by atoms with van der Waals surface area (Å²) in [6.45, 7) is 12.5. The molecule has 4 amide bonds. The number of aryl methyl sites for hydroxylation is 1. The summed E-state index contributed by atoms with van der Waals surface area (Å²) in [5.41, 5.74) is 4.18. The van der Waals surface area contributed by atoms with Gasteiger partial charge in [0.25, 0.3) is 5.91 Å². The highest BCUT2D eigenvalue weighted by molar-refractivity contribution is 7.98. The van der Waals surface area contributed by atoms with Crippen LogP contribution in [0.2, 0.25) is 5.02 Å². The van der Waals surface area contributed by atoms with E-state index in [0.29, 0.717) is 54.6 Å². The van der Waals surface area contributed by atoms with Gasteiger partial charge in [0.15, 0.2) is 0 Å². The molecule has 2 aromatic carbocycles. The molecule has 4 bridgehead atoms. The molecule has 18 nitrogen and oxygen atoms in total. The van der Waals surface area contributed by atoms with Crippen LogP contribution >= 0.6 is 35.1 Å². The number of nitrogens with zero attached hydrogens (tertiary/aromatic N) is 4. The number of amides is 4. The third kappa shape index (κ3) is 15.5. The number of fused-ring (bicyclic) bond motifs is 6. The smallest absolute Gasteiger partial charge is 0.409 e. The van der Waals surface area contributed by atoms with Gasteiger partial charge in [0.1, 0.15) is 29.6 Å². The number of hydrogen-bond donors (Lipinski definition) is 3. The number of benzene rings is 2. The number of rotatable bonds is 20. The molecule has 1 aromatic heterocycles. The molecule has 3 aliphatic heterocycles. The van der Waals surface area contributed by atoms with E-state index in [1.807, 2.05) is 76.6 Å². The second-order valence-electron chi connectivity index (χ2n) is 19.7. The molecule has 0 aliphatic carbocycles. The first kappa shape index (κ1) is 59.4. The Morgan fingerprint density at radius 1 is 0.987 bits per heavy atom. The van der Waals surface area contributed by atoms with Crippen LogP contribution in [0.4, 0.5) is 10.5 Å². The standard InChI is InChI=1S/C54H73ClN6O12S2/c1-32-12-11-13-34(3)54(67)29-44(71-52(66)59-54)35(4)49-53(6,73-49)45(28-47(63)61(8)43-26-37(24-32)25-33(2)48(43)55)72-51(65)36(5)60(7)46(62)16-18-68-20-22-70-23-21-69-19-17-56-50(64)38-14-15-39-40(27-38)58-42(31-75-10)41(57-39)30-74-9/h11-15,25-27,34-36,44-45,49,67H,16-24,28-31H2,1-10H3,(H,56,64)(H,59,66)/b13-11+,32-12+/t34-,35-,36-,44+,45+,49?,53+,54+/m1/s1. The van der Waals surface area contributed by atoms with Gasteiger partial charge in [0.05, 0.1) is 91.7 Å². The molecule has 0 radical (unpaired) electrons. The topological polar surface area (TPSA) is 221 Å². The van der Waals surface area contributed by atoms with E-state index in [0.717, 1.165) is 45.1 Å². The lowest BCUT2D eigenvalue weighted by molar-refractivity contribution is -0.162. The zero-order chi connectivity index (χ0) is 54.6. The molecule has 0 saturated carbocycles. The van der Waals surface area contributed by atoms with Crippen molar-refractivity contribution < 1.29 is 57.5 Å². The molecule has 410 valence electrons. The van der Waals surface area contributed by atoms with Gasteiger partial charge in [-0.2, -0.15) is 23.5 Å². The van der Waals surface area contributed by atoms with E-state index in [2.05, 4.69) is 10.6 Å². The van der Waals surface area contributed by atoms with Crippen molar-refractivity contribution in [1.82, 2.24) is 25.5 Å². The number of esters is 1. The first-order valence-electron chi connectivity index (χ1n) is 25.2. The van der Waals surface area contributed by atoms with Gasteiger partial charge in [-0.3, -0.25) is 19.7 Å². The van der Waals surface area contributed by atoms with E-state index in [1.54, 1.807) is 56.6 Å². The van der Waals surface area contributed by atoms with Crippen LogP contribution in [0.1, 0.15) is 86.8 Å². The number of thioether (sulfide) groups is 2. The van der Waals surface area contributed by atoms with Gasteiger partial charge in [0.2, 0.25) is 11.8 Å². The highest BCUT2D eigenvalue weighted by Gasteiger charge is 2.64. The van der Waals surface area contributed by atoms with Gasteiger partial charge < -0.3 is 48.6 Å². The summed E-state index contributed by atoms with van der Waals surface area (Å²) in [5.74, 6) is -1.23. The predicted octanol–water partition coefficient (Wildman–Crippen LogP) is 6.97. The Morgan fingerprint density at radius 2 is 1.64 bits per heavy atom. The average molecular weight is 1100 g/mol. The SMILES string of the molecule is CSCc1nc2ccc(C(=O)NCCOCCOCCOCCC(=O)N(C)[C@H](C)C(=O)O[C@H]3CC(=O)N(C)c4cc(cc(C)c4Cl)C/C(C)=C/C=C/[C@@H](C)[C@@]4(O)C[C@H](OC(=O)N4)[C@@H](C)C4O[C@]43C)cc2nc1CSC. The summed E-state index contributed by atoms with van der Waals surface area (Å²) >= 11 is 10.2. The highest BCUT2D eigenvalue weighted by atomic mass is 35.5. The zero-order valence-corrected chi connectivity index (χ0v) is 47.1. The van der Waals surface area contributed by atoms with Crippen molar-refractivity contribution in [1.29, 1.82) is 0 Å². The summed E-state index contributed by atoms with van der Waals surface area (Å²) < 4.78 is 35.1. The molecule has 2 fully saturated rings.